The van der Waals surface area contributed by atoms with Gasteiger partial charge < -0.3 is 29.2 Å². The Morgan fingerprint density at radius 3 is 2.37 bits per heavy atom. The quantitative estimate of drug-likeness (QED) is 0.0838. The molecule has 5 aromatic rings. The van der Waals surface area contributed by atoms with Crippen molar-refractivity contribution in [1.29, 1.82) is 0 Å². The number of nitrogens with zero attached hydrogens (tertiary/aromatic N) is 2. The molecule has 274 valence electrons. The number of carbonyl (C=O) groups is 1. The van der Waals surface area contributed by atoms with Gasteiger partial charge >= 0.3 is 0 Å². The summed E-state index contributed by atoms with van der Waals surface area (Å²) in [6, 6.07) is 16.5. The van der Waals surface area contributed by atoms with Crippen LogP contribution in [-0.2, 0) is 30.1 Å². The second kappa shape index (κ2) is 14.4. The number of ether oxygens (including phenoxy) is 3. The molecule has 0 saturated carbocycles. The number of anilines is 1. The number of aliphatic hydroxyl groups excluding tert-OH is 1. The van der Waals surface area contributed by atoms with E-state index in [2.05, 4.69) is 9.71 Å². The third-order valence-electron chi connectivity index (χ3n) is 8.65. The lowest BCUT2D eigenvalue weighted by atomic mass is 9.94. The van der Waals surface area contributed by atoms with Gasteiger partial charge in [-0.25, -0.2) is 13.1 Å². The number of rotatable bonds is 14. The van der Waals surface area contributed by atoms with Gasteiger partial charge in [0.15, 0.2) is 11.5 Å². The molecule has 18 heteroatoms. The lowest BCUT2D eigenvalue weighted by Crippen LogP contribution is -2.31. The van der Waals surface area contributed by atoms with Gasteiger partial charge in [0.1, 0.15) is 11.4 Å². The minimum Gasteiger partial charge on any atom is -0.493 e. The lowest BCUT2D eigenvalue weighted by molar-refractivity contribution is -0.383. The van der Waals surface area contributed by atoms with Crippen LogP contribution in [-0.4, -0.2) is 85.4 Å². The predicted octanol–water partition coefficient (Wildman–Crippen LogP) is 3.82. The number of H-pyrrole nitrogens is 1. The van der Waals surface area contributed by atoms with E-state index in [1.54, 1.807) is 42.5 Å². The number of amides is 1. The van der Waals surface area contributed by atoms with Gasteiger partial charge in [-0.15, -0.1) is 0 Å². The SMILES string of the molecule is COc1cc2cc(C(=O)N3CC(COS(=O)(=O)Cc4ccccc4)c4c3cc([N+](=O)[O-])c3cc(S(=O)(=O)NCCO)ccc43)[nH]c2c(OC)c1OC. The Morgan fingerprint density at radius 1 is 0.981 bits per heavy atom. The number of fused-ring (bicyclic) bond motifs is 4. The number of sulfonamides is 1. The molecule has 1 unspecified atom stereocenters. The summed E-state index contributed by atoms with van der Waals surface area (Å²) in [5, 5.41) is 22.3. The highest BCUT2D eigenvalue weighted by Crippen LogP contribution is 2.47. The molecule has 1 aliphatic rings. The van der Waals surface area contributed by atoms with E-state index in [4.69, 9.17) is 23.5 Å². The van der Waals surface area contributed by atoms with Gasteiger partial charge in [0.05, 0.1) is 61.0 Å². The van der Waals surface area contributed by atoms with E-state index in [0.717, 1.165) is 6.07 Å². The molecule has 1 amide bonds. The second-order valence-electron chi connectivity index (χ2n) is 11.8. The van der Waals surface area contributed by atoms with Crippen LogP contribution in [0.4, 0.5) is 11.4 Å². The van der Waals surface area contributed by atoms with Crippen LogP contribution < -0.4 is 23.8 Å². The van der Waals surface area contributed by atoms with Crippen LogP contribution in [0.25, 0.3) is 21.7 Å². The third-order valence-corrected chi connectivity index (χ3v) is 11.3. The molecular formula is C34H34N4O12S2. The molecule has 0 saturated heterocycles. The molecule has 1 aromatic heterocycles. The average Bonchev–Trinajstić information content (AvgIpc) is 3.73. The molecule has 0 radical (unpaired) electrons. The molecule has 3 N–H and O–H groups in total. The number of aliphatic hydroxyl groups is 1. The molecule has 2 heterocycles. The minimum absolute atomic E-state index is 0.0587. The van der Waals surface area contributed by atoms with Crippen LogP contribution in [0, 0.1) is 10.1 Å². The Hall–Kier alpha value is -5.27. The van der Waals surface area contributed by atoms with E-state index in [1.807, 2.05) is 0 Å². The number of nitro groups is 1. The van der Waals surface area contributed by atoms with Crippen LogP contribution in [0.2, 0.25) is 0 Å². The van der Waals surface area contributed by atoms with E-state index in [9.17, 15) is 31.7 Å². The van der Waals surface area contributed by atoms with Crippen LogP contribution in [0.1, 0.15) is 27.5 Å². The normalized spacial score (nSPS) is 14.5. The zero-order chi connectivity index (χ0) is 37.4. The highest BCUT2D eigenvalue weighted by atomic mass is 32.2. The summed E-state index contributed by atoms with van der Waals surface area (Å²) in [6.07, 6.45) is 0. The molecule has 0 fully saturated rings. The Balaban J connectivity index is 1.47. The molecule has 0 bridgehead atoms. The van der Waals surface area contributed by atoms with Gasteiger partial charge in [-0.2, -0.15) is 8.42 Å². The van der Waals surface area contributed by atoms with Gasteiger partial charge in [-0.3, -0.25) is 19.1 Å². The number of non-ortho nitro benzene ring substituents is 1. The van der Waals surface area contributed by atoms with E-state index in [0.29, 0.717) is 27.8 Å². The maximum Gasteiger partial charge on any atom is 0.279 e. The number of nitrogens with one attached hydrogen (secondary N) is 2. The summed E-state index contributed by atoms with van der Waals surface area (Å²) in [7, 11) is -3.98. The first-order valence-electron chi connectivity index (χ1n) is 15.7. The zero-order valence-corrected chi connectivity index (χ0v) is 29.7. The predicted molar refractivity (Wildman–Crippen MR) is 190 cm³/mol. The number of methoxy groups -OCH3 is 3. The molecule has 6 rings (SSSR count). The summed E-state index contributed by atoms with van der Waals surface area (Å²) in [5.74, 6) is -0.930. The van der Waals surface area contributed by atoms with Crippen molar-refractivity contribution in [2.24, 2.45) is 0 Å². The van der Waals surface area contributed by atoms with Crippen molar-refractivity contribution in [2.45, 2.75) is 16.6 Å². The smallest absolute Gasteiger partial charge is 0.279 e. The topological polar surface area (TPSA) is 217 Å². The Bertz CT molecular complexity index is 2420. The maximum absolute atomic E-state index is 14.3. The van der Waals surface area contributed by atoms with Gasteiger partial charge in [-0.1, -0.05) is 36.4 Å². The van der Waals surface area contributed by atoms with Crippen molar-refractivity contribution in [1.82, 2.24) is 9.71 Å². The number of hydrogen-bond acceptors (Lipinski definition) is 12. The van der Waals surface area contributed by atoms with Crippen LogP contribution >= 0.6 is 0 Å². The van der Waals surface area contributed by atoms with Gasteiger partial charge in [0, 0.05) is 30.5 Å². The van der Waals surface area contributed by atoms with Crippen molar-refractivity contribution in [3.05, 3.63) is 93.7 Å². The standard InChI is InChI=1S/C34H34N4O12S2/c1-47-29-14-21-13-26(36-31(21)33(49-3)32(29)48-2)34(40)37-17-22(18-50-51(43,44)19-20-7-5-4-6-8-20)30-24-10-9-23(52(45,46)35-11-12-39)15-25(24)27(38(41)42)16-28(30)37/h4-10,13-16,22,35-36,39H,11-12,17-19H2,1-3H3. The lowest BCUT2D eigenvalue weighted by Gasteiger charge is -2.17. The van der Waals surface area contributed by atoms with Gasteiger partial charge in [0.25, 0.3) is 21.7 Å². The monoisotopic (exact) mass is 754 g/mol. The molecule has 0 aliphatic carbocycles. The van der Waals surface area contributed by atoms with E-state index < -0.39 is 61.5 Å². The minimum atomic E-state index is -4.17. The Morgan fingerprint density at radius 2 is 1.71 bits per heavy atom. The average molecular weight is 755 g/mol. The number of aromatic nitrogens is 1. The summed E-state index contributed by atoms with van der Waals surface area (Å²) in [5.41, 5.74) is 0.978. The maximum atomic E-state index is 14.3. The summed E-state index contributed by atoms with van der Waals surface area (Å²) in [6.45, 7) is -1.31. The highest BCUT2D eigenvalue weighted by molar-refractivity contribution is 7.89. The van der Waals surface area contributed by atoms with Gasteiger partial charge in [0.2, 0.25) is 15.8 Å². The fraction of sp³-hybridized carbons (Fsp3) is 0.265. The van der Waals surface area contributed by atoms with Crippen molar-refractivity contribution >= 4 is 59.1 Å². The van der Waals surface area contributed by atoms with Crippen LogP contribution in [0.15, 0.2) is 71.6 Å². The second-order valence-corrected chi connectivity index (χ2v) is 15.2. The van der Waals surface area contributed by atoms with E-state index >= 15 is 0 Å². The first kappa shape index (κ1) is 36.5. The van der Waals surface area contributed by atoms with Crippen molar-refractivity contribution < 1.29 is 50.1 Å². The molecule has 0 spiro atoms. The molecule has 1 aliphatic heterocycles. The first-order valence-corrected chi connectivity index (χ1v) is 18.8. The number of hydrogen-bond donors (Lipinski definition) is 3. The fourth-order valence-corrected chi connectivity index (χ4v) is 8.48. The molecule has 16 nitrogen and oxygen atoms in total. The Kier molecular flexibility index (Phi) is 10.1. The Labute approximate surface area is 298 Å². The molecular weight excluding hydrogens is 721 g/mol. The summed E-state index contributed by atoms with van der Waals surface area (Å²) < 4.78 is 76.2. The molecule has 1 atom stereocenters. The highest BCUT2D eigenvalue weighted by Gasteiger charge is 2.39. The van der Waals surface area contributed by atoms with Crippen molar-refractivity contribution in [3.63, 3.8) is 0 Å². The fourth-order valence-electron chi connectivity index (χ4n) is 6.38. The number of nitro benzene ring substituents is 1. The zero-order valence-electron chi connectivity index (χ0n) is 28.1. The van der Waals surface area contributed by atoms with Crippen LogP contribution in [0.3, 0.4) is 0 Å². The number of carbonyl (C=O) groups excluding carboxylic acids is 1. The molecule has 52 heavy (non-hydrogen) atoms. The van der Waals surface area contributed by atoms with E-state index in [1.165, 1.54) is 44.4 Å². The first-order chi connectivity index (χ1) is 24.8. The van der Waals surface area contributed by atoms with Crippen molar-refractivity contribution in [2.75, 3.05) is 52.5 Å². The van der Waals surface area contributed by atoms with E-state index in [-0.39, 0.29) is 51.6 Å². The van der Waals surface area contributed by atoms with Crippen molar-refractivity contribution in [3.8, 4) is 17.2 Å². The summed E-state index contributed by atoms with van der Waals surface area (Å²) >= 11 is 0. The third kappa shape index (κ3) is 6.85. The van der Waals surface area contributed by atoms with Gasteiger partial charge in [-0.05, 0) is 40.8 Å². The molecule has 4 aromatic carbocycles. The van der Waals surface area contributed by atoms with Crippen LogP contribution in [0.5, 0.6) is 17.2 Å². The largest absolute Gasteiger partial charge is 0.493 e. The number of aromatic amines is 1. The number of benzene rings is 4. The summed E-state index contributed by atoms with van der Waals surface area (Å²) in [4.78, 5) is 30.2.